The molecule has 0 aliphatic rings. The highest BCUT2D eigenvalue weighted by Crippen LogP contribution is 2.24. The topological polar surface area (TPSA) is 49.4 Å². The molecule has 0 spiro atoms. The summed E-state index contributed by atoms with van der Waals surface area (Å²) in [6, 6.07) is 10.7. The van der Waals surface area contributed by atoms with E-state index in [1.807, 2.05) is 45.0 Å². The summed E-state index contributed by atoms with van der Waals surface area (Å²) in [7, 11) is 0. The quantitative estimate of drug-likeness (QED) is 0.628. The summed E-state index contributed by atoms with van der Waals surface area (Å²) >= 11 is 12.2. The Kier molecular flexibility index (Phi) is 8.54. The van der Waals surface area contributed by atoms with Crippen molar-refractivity contribution in [1.29, 1.82) is 0 Å². The zero-order valence-electron chi connectivity index (χ0n) is 17.4. The predicted octanol–water partition coefficient (Wildman–Crippen LogP) is 5.10. The second-order valence-corrected chi connectivity index (χ2v) is 8.16. The van der Waals surface area contributed by atoms with Crippen molar-refractivity contribution in [3.8, 4) is 0 Å². The van der Waals surface area contributed by atoms with Gasteiger partial charge in [-0.15, -0.1) is 0 Å². The Morgan fingerprint density at radius 1 is 1.07 bits per heavy atom. The Balaban J connectivity index is 2.29. The van der Waals surface area contributed by atoms with E-state index in [9.17, 15) is 9.59 Å². The van der Waals surface area contributed by atoms with Gasteiger partial charge in [0.1, 0.15) is 6.04 Å². The first kappa shape index (κ1) is 23.2. The van der Waals surface area contributed by atoms with E-state index >= 15 is 0 Å². The van der Waals surface area contributed by atoms with E-state index in [0.29, 0.717) is 16.6 Å². The molecule has 4 nitrogen and oxygen atoms in total. The molecule has 0 radical (unpaired) electrons. The molecule has 0 bridgehead atoms. The number of halogens is 2. The molecule has 2 aromatic carbocycles. The number of benzene rings is 2. The molecule has 29 heavy (non-hydrogen) atoms. The summed E-state index contributed by atoms with van der Waals surface area (Å²) in [4.78, 5) is 27.4. The van der Waals surface area contributed by atoms with Crippen LogP contribution < -0.4 is 5.32 Å². The molecule has 6 heteroatoms. The maximum absolute atomic E-state index is 13.2. The number of hydrogen-bond acceptors (Lipinski definition) is 2. The molecular formula is C23H28Cl2N2O2. The smallest absolute Gasteiger partial charge is 0.242 e. The molecule has 0 heterocycles. The van der Waals surface area contributed by atoms with Gasteiger partial charge < -0.3 is 10.2 Å². The first-order valence-electron chi connectivity index (χ1n) is 9.80. The summed E-state index contributed by atoms with van der Waals surface area (Å²) in [6.45, 7) is 8.59. The average Bonchev–Trinajstić information content (AvgIpc) is 2.69. The first-order valence-corrected chi connectivity index (χ1v) is 10.6. The normalized spacial score (nSPS) is 11.8. The zero-order valence-corrected chi connectivity index (χ0v) is 18.9. The third kappa shape index (κ3) is 6.48. The van der Waals surface area contributed by atoms with Crippen molar-refractivity contribution >= 4 is 35.0 Å². The van der Waals surface area contributed by atoms with Crippen LogP contribution in [0.1, 0.15) is 42.5 Å². The lowest BCUT2D eigenvalue weighted by Crippen LogP contribution is -2.48. The predicted molar refractivity (Wildman–Crippen MR) is 119 cm³/mol. The average molecular weight is 435 g/mol. The minimum atomic E-state index is -0.603. The van der Waals surface area contributed by atoms with Gasteiger partial charge in [-0.3, -0.25) is 9.59 Å². The monoisotopic (exact) mass is 434 g/mol. The summed E-state index contributed by atoms with van der Waals surface area (Å²) in [6.07, 6.45) is 1.07. The third-order valence-electron chi connectivity index (χ3n) is 4.90. The molecule has 0 saturated heterocycles. The van der Waals surface area contributed by atoms with Crippen LogP contribution >= 0.6 is 23.2 Å². The molecular weight excluding hydrogens is 407 g/mol. The minimum Gasteiger partial charge on any atom is -0.354 e. The van der Waals surface area contributed by atoms with Crippen molar-refractivity contribution < 1.29 is 9.59 Å². The molecule has 1 atom stereocenters. The number of carbonyl (C=O) groups excluding carboxylic acids is 2. The molecule has 2 rings (SSSR count). The number of nitrogens with zero attached hydrogens (tertiary/aromatic N) is 1. The van der Waals surface area contributed by atoms with Gasteiger partial charge in [-0.05, 0) is 56.0 Å². The van der Waals surface area contributed by atoms with Gasteiger partial charge in [0.2, 0.25) is 11.8 Å². The molecule has 0 aromatic heterocycles. The van der Waals surface area contributed by atoms with Crippen molar-refractivity contribution in [3.63, 3.8) is 0 Å². The zero-order chi connectivity index (χ0) is 21.6. The van der Waals surface area contributed by atoms with E-state index in [2.05, 4.69) is 5.32 Å². The summed E-state index contributed by atoms with van der Waals surface area (Å²) < 4.78 is 0. The van der Waals surface area contributed by atoms with Gasteiger partial charge in [0, 0.05) is 13.1 Å². The van der Waals surface area contributed by atoms with Crippen molar-refractivity contribution in [2.45, 2.75) is 53.1 Å². The third-order valence-corrected chi connectivity index (χ3v) is 5.64. The number of nitrogens with one attached hydrogen (secondary N) is 1. The van der Waals surface area contributed by atoms with Crippen LogP contribution in [-0.4, -0.2) is 29.3 Å². The van der Waals surface area contributed by atoms with Crippen LogP contribution in [0.4, 0.5) is 0 Å². The summed E-state index contributed by atoms with van der Waals surface area (Å²) in [5.74, 6) is -0.273. The molecule has 2 amide bonds. The van der Waals surface area contributed by atoms with Crippen LogP contribution in [0.25, 0.3) is 0 Å². The fourth-order valence-electron chi connectivity index (χ4n) is 3.07. The van der Waals surface area contributed by atoms with E-state index < -0.39 is 6.04 Å². The van der Waals surface area contributed by atoms with Gasteiger partial charge in [0.15, 0.2) is 0 Å². The van der Waals surface area contributed by atoms with Crippen LogP contribution in [0.2, 0.25) is 10.0 Å². The van der Waals surface area contributed by atoms with E-state index in [-0.39, 0.29) is 24.8 Å². The number of carbonyl (C=O) groups is 2. The SMILES string of the molecule is CCCNC(=O)C(C)N(Cc1ccc(Cl)c(Cl)c1)C(=O)Cc1cc(C)ccc1C. The van der Waals surface area contributed by atoms with Gasteiger partial charge in [-0.1, -0.05) is 60.0 Å². The van der Waals surface area contributed by atoms with Crippen LogP contribution in [0.5, 0.6) is 0 Å². The Morgan fingerprint density at radius 2 is 1.79 bits per heavy atom. The molecule has 1 N–H and O–H groups in total. The second kappa shape index (κ2) is 10.7. The maximum Gasteiger partial charge on any atom is 0.242 e. The number of aryl methyl sites for hydroxylation is 2. The van der Waals surface area contributed by atoms with Crippen molar-refractivity contribution in [1.82, 2.24) is 10.2 Å². The molecule has 0 aliphatic heterocycles. The van der Waals surface area contributed by atoms with E-state index in [1.165, 1.54) is 0 Å². The lowest BCUT2D eigenvalue weighted by Gasteiger charge is -2.29. The van der Waals surface area contributed by atoms with Crippen LogP contribution in [-0.2, 0) is 22.6 Å². The Labute approximate surface area is 183 Å². The second-order valence-electron chi connectivity index (χ2n) is 7.34. The van der Waals surface area contributed by atoms with Gasteiger partial charge in [-0.25, -0.2) is 0 Å². The largest absolute Gasteiger partial charge is 0.354 e. The Bertz CT molecular complexity index is 883. The lowest BCUT2D eigenvalue weighted by molar-refractivity contribution is -0.140. The maximum atomic E-state index is 13.2. The lowest BCUT2D eigenvalue weighted by atomic mass is 10.0. The molecule has 1 unspecified atom stereocenters. The standard InChI is InChI=1S/C23H28Cl2N2O2/c1-5-10-26-23(29)17(4)27(14-18-8-9-20(24)21(25)12-18)22(28)13-19-11-15(2)6-7-16(19)3/h6-9,11-12,17H,5,10,13-14H2,1-4H3,(H,26,29). The minimum absolute atomic E-state index is 0.107. The molecule has 156 valence electrons. The van der Waals surface area contributed by atoms with Crippen molar-refractivity contribution in [3.05, 3.63) is 68.7 Å². The highest BCUT2D eigenvalue weighted by Gasteiger charge is 2.26. The number of rotatable bonds is 8. The first-order chi connectivity index (χ1) is 13.7. The van der Waals surface area contributed by atoms with Crippen LogP contribution in [0.3, 0.4) is 0 Å². The van der Waals surface area contributed by atoms with Crippen LogP contribution in [0, 0.1) is 13.8 Å². The fraction of sp³-hybridized carbons (Fsp3) is 0.391. The van der Waals surface area contributed by atoms with Crippen LogP contribution in [0.15, 0.2) is 36.4 Å². The van der Waals surface area contributed by atoms with E-state index in [0.717, 1.165) is 28.7 Å². The van der Waals surface area contributed by atoms with E-state index in [4.69, 9.17) is 23.2 Å². The fourth-order valence-corrected chi connectivity index (χ4v) is 3.39. The number of amides is 2. The van der Waals surface area contributed by atoms with Gasteiger partial charge >= 0.3 is 0 Å². The molecule has 2 aromatic rings. The van der Waals surface area contributed by atoms with Gasteiger partial charge in [0.05, 0.1) is 16.5 Å². The molecule has 0 saturated carbocycles. The molecule has 0 fully saturated rings. The van der Waals surface area contributed by atoms with Gasteiger partial charge in [0.25, 0.3) is 0 Å². The summed E-state index contributed by atoms with van der Waals surface area (Å²) in [5, 5.41) is 3.76. The number of hydrogen-bond donors (Lipinski definition) is 1. The highest BCUT2D eigenvalue weighted by molar-refractivity contribution is 6.42. The van der Waals surface area contributed by atoms with Gasteiger partial charge in [-0.2, -0.15) is 0 Å². The van der Waals surface area contributed by atoms with E-state index in [1.54, 1.807) is 24.0 Å². The highest BCUT2D eigenvalue weighted by atomic mass is 35.5. The van der Waals surface area contributed by atoms with Crippen molar-refractivity contribution in [2.24, 2.45) is 0 Å². The summed E-state index contributed by atoms with van der Waals surface area (Å²) in [5.41, 5.74) is 3.95. The molecule has 0 aliphatic carbocycles. The van der Waals surface area contributed by atoms with Crippen molar-refractivity contribution in [2.75, 3.05) is 6.54 Å². The Hall–Kier alpha value is -2.04. The Morgan fingerprint density at radius 3 is 2.45 bits per heavy atom.